The van der Waals surface area contributed by atoms with Gasteiger partial charge >= 0.3 is 5.69 Å². The zero-order valence-corrected chi connectivity index (χ0v) is 12.7. The summed E-state index contributed by atoms with van der Waals surface area (Å²) in [6.45, 7) is 0.640. The van der Waals surface area contributed by atoms with Crippen molar-refractivity contribution in [2.24, 2.45) is 0 Å². The van der Waals surface area contributed by atoms with Gasteiger partial charge in [-0.3, -0.25) is 10.1 Å². The normalized spacial score (nSPS) is 17.0. The van der Waals surface area contributed by atoms with E-state index in [0.717, 1.165) is 12.8 Å². The molecule has 1 saturated carbocycles. The van der Waals surface area contributed by atoms with Crippen molar-refractivity contribution in [3.05, 3.63) is 16.4 Å². The van der Waals surface area contributed by atoms with Gasteiger partial charge in [0.2, 0.25) is 11.6 Å². The maximum absolute atomic E-state index is 11.2. The number of hydrogen-bond acceptors (Lipinski definition) is 7. The van der Waals surface area contributed by atoms with Gasteiger partial charge in [-0.2, -0.15) is 0 Å². The molecule has 0 saturated heterocycles. The maximum Gasteiger partial charge on any atom is 0.353 e. The van der Waals surface area contributed by atoms with Crippen LogP contribution < -0.4 is 10.6 Å². The molecular formula is C13H22N6O2. The highest BCUT2D eigenvalue weighted by molar-refractivity contribution is 5.69. The molecule has 0 aromatic carbocycles. The standard InChI is InChI=1S/C13H22N6O2/c1-14-11-10(19(20)21)12(17-9-16-11)15-8-13(18(2)3)6-4-5-7-13/h9H,4-8H2,1-3H3,(H2,14,15,16,17). The molecule has 1 aromatic rings. The minimum absolute atomic E-state index is 0.0403. The van der Waals surface area contributed by atoms with Crippen LogP contribution in [0.4, 0.5) is 17.3 Å². The minimum Gasteiger partial charge on any atom is -0.367 e. The summed E-state index contributed by atoms with van der Waals surface area (Å²) in [6, 6.07) is 0. The third-order valence-corrected chi connectivity index (χ3v) is 4.31. The van der Waals surface area contributed by atoms with Crippen molar-refractivity contribution >= 4 is 17.3 Å². The average Bonchev–Trinajstić information content (AvgIpc) is 2.94. The smallest absolute Gasteiger partial charge is 0.353 e. The molecule has 1 heterocycles. The topological polar surface area (TPSA) is 96.2 Å². The third-order valence-electron chi connectivity index (χ3n) is 4.31. The second kappa shape index (κ2) is 6.21. The van der Waals surface area contributed by atoms with Gasteiger partial charge in [-0.1, -0.05) is 12.8 Å². The Hall–Kier alpha value is -1.96. The fourth-order valence-corrected chi connectivity index (χ4v) is 2.93. The van der Waals surface area contributed by atoms with Gasteiger partial charge in [-0.25, -0.2) is 9.97 Å². The first-order valence-corrected chi connectivity index (χ1v) is 7.08. The largest absolute Gasteiger partial charge is 0.367 e. The van der Waals surface area contributed by atoms with E-state index in [1.54, 1.807) is 7.05 Å². The Bertz CT molecular complexity index is 513. The van der Waals surface area contributed by atoms with Crippen LogP contribution in [-0.4, -0.2) is 53.0 Å². The van der Waals surface area contributed by atoms with Crippen molar-refractivity contribution in [2.45, 2.75) is 31.2 Å². The molecule has 116 valence electrons. The van der Waals surface area contributed by atoms with Gasteiger partial charge in [0.15, 0.2) is 0 Å². The van der Waals surface area contributed by atoms with Crippen molar-refractivity contribution in [1.82, 2.24) is 14.9 Å². The van der Waals surface area contributed by atoms with Crippen molar-refractivity contribution < 1.29 is 4.92 Å². The van der Waals surface area contributed by atoms with Gasteiger partial charge in [0.05, 0.1) is 4.92 Å². The summed E-state index contributed by atoms with van der Waals surface area (Å²) in [5, 5.41) is 17.1. The van der Waals surface area contributed by atoms with Crippen LogP contribution in [0.15, 0.2) is 6.33 Å². The molecular weight excluding hydrogens is 272 g/mol. The number of nitrogens with zero attached hydrogens (tertiary/aromatic N) is 4. The van der Waals surface area contributed by atoms with Crippen molar-refractivity contribution in [3.63, 3.8) is 0 Å². The molecule has 0 aliphatic heterocycles. The van der Waals surface area contributed by atoms with Crippen LogP contribution in [0.5, 0.6) is 0 Å². The number of hydrogen-bond donors (Lipinski definition) is 2. The van der Waals surface area contributed by atoms with Gasteiger partial charge in [-0.05, 0) is 26.9 Å². The number of aromatic nitrogens is 2. The van der Waals surface area contributed by atoms with Gasteiger partial charge in [-0.15, -0.1) is 0 Å². The molecule has 2 rings (SSSR count). The van der Waals surface area contributed by atoms with Crippen molar-refractivity contribution in [1.29, 1.82) is 0 Å². The first-order chi connectivity index (χ1) is 10.00. The summed E-state index contributed by atoms with van der Waals surface area (Å²) in [5.74, 6) is 0.496. The highest BCUT2D eigenvalue weighted by Crippen LogP contribution is 2.35. The first kappa shape index (κ1) is 15.4. The maximum atomic E-state index is 11.2. The lowest BCUT2D eigenvalue weighted by Crippen LogP contribution is -2.47. The molecule has 0 spiro atoms. The SMILES string of the molecule is CNc1ncnc(NCC2(N(C)C)CCCC2)c1[N+](=O)[O-]. The highest BCUT2D eigenvalue weighted by atomic mass is 16.6. The Morgan fingerprint density at radius 2 is 1.95 bits per heavy atom. The second-order valence-electron chi connectivity index (χ2n) is 5.61. The summed E-state index contributed by atoms with van der Waals surface area (Å²) in [7, 11) is 5.72. The molecule has 0 bridgehead atoms. The van der Waals surface area contributed by atoms with Crippen LogP contribution in [0.25, 0.3) is 0 Å². The molecule has 0 atom stereocenters. The molecule has 1 aromatic heterocycles. The average molecular weight is 294 g/mol. The lowest BCUT2D eigenvalue weighted by molar-refractivity contribution is -0.383. The van der Waals surface area contributed by atoms with E-state index in [1.807, 2.05) is 0 Å². The molecule has 1 aliphatic carbocycles. The Labute approximate surface area is 124 Å². The summed E-state index contributed by atoms with van der Waals surface area (Å²) < 4.78 is 0. The van der Waals surface area contributed by atoms with Crippen molar-refractivity contribution in [3.8, 4) is 0 Å². The van der Waals surface area contributed by atoms with Crippen LogP contribution in [0.3, 0.4) is 0 Å². The van der Waals surface area contributed by atoms with E-state index in [-0.39, 0.29) is 22.9 Å². The lowest BCUT2D eigenvalue weighted by Gasteiger charge is -2.36. The fourth-order valence-electron chi connectivity index (χ4n) is 2.93. The zero-order chi connectivity index (χ0) is 15.5. The summed E-state index contributed by atoms with van der Waals surface area (Å²) in [5.41, 5.74) is -0.0644. The van der Waals surface area contributed by atoms with Gasteiger partial charge in [0, 0.05) is 19.1 Å². The van der Waals surface area contributed by atoms with Crippen LogP contribution in [0.2, 0.25) is 0 Å². The molecule has 2 N–H and O–H groups in total. The van der Waals surface area contributed by atoms with Crippen LogP contribution in [0, 0.1) is 10.1 Å². The summed E-state index contributed by atoms with van der Waals surface area (Å²) in [6.07, 6.45) is 5.88. The van der Waals surface area contributed by atoms with Gasteiger partial charge in [0.1, 0.15) is 6.33 Å². The zero-order valence-electron chi connectivity index (χ0n) is 12.7. The molecule has 21 heavy (non-hydrogen) atoms. The van der Waals surface area contributed by atoms with E-state index in [2.05, 4.69) is 39.6 Å². The molecule has 0 amide bonds. The number of nitrogens with one attached hydrogen (secondary N) is 2. The van der Waals surface area contributed by atoms with E-state index < -0.39 is 4.92 Å². The quantitative estimate of drug-likeness (QED) is 0.609. The predicted octanol–water partition coefficient (Wildman–Crippen LogP) is 1.71. The van der Waals surface area contributed by atoms with Gasteiger partial charge < -0.3 is 15.5 Å². The molecule has 0 radical (unpaired) electrons. The number of likely N-dealkylation sites (N-methyl/N-ethyl adjacent to an activating group) is 1. The number of rotatable bonds is 6. The summed E-state index contributed by atoms with van der Waals surface area (Å²) >= 11 is 0. The number of nitro groups is 1. The Balaban J connectivity index is 2.22. The van der Waals surface area contributed by atoms with E-state index in [4.69, 9.17) is 0 Å². The molecule has 8 heteroatoms. The second-order valence-corrected chi connectivity index (χ2v) is 5.61. The van der Waals surface area contributed by atoms with E-state index in [9.17, 15) is 10.1 Å². The van der Waals surface area contributed by atoms with Crippen LogP contribution in [0.1, 0.15) is 25.7 Å². The highest BCUT2D eigenvalue weighted by Gasteiger charge is 2.36. The predicted molar refractivity (Wildman–Crippen MR) is 81.6 cm³/mol. The summed E-state index contributed by atoms with van der Waals surface area (Å²) in [4.78, 5) is 20.9. The lowest BCUT2D eigenvalue weighted by atomic mass is 9.96. The van der Waals surface area contributed by atoms with E-state index >= 15 is 0 Å². The van der Waals surface area contributed by atoms with Crippen molar-refractivity contribution in [2.75, 3.05) is 38.3 Å². The Morgan fingerprint density at radius 3 is 2.48 bits per heavy atom. The Morgan fingerprint density at radius 1 is 1.33 bits per heavy atom. The van der Waals surface area contributed by atoms with Crippen LogP contribution >= 0.6 is 0 Å². The van der Waals surface area contributed by atoms with E-state index in [0.29, 0.717) is 6.54 Å². The van der Waals surface area contributed by atoms with E-state index in [1.165, 1.54) is 19.2 Å². The van der Waals surface area contributed by atoms with Crippen LogP contribution in [-0.2, 0) is 0 Å². The fraction of sp³-hybridized carbons (Fsp3) is 0.692. The molecule has 0 unspecified atom stereocenters. The number of anilines is 2. The molecule has 1 aliphatic rings. The molecule has 8 nitrogen and oxygen atoms in total. The first-order valence-electron chi connectivity index (χ1n) is 7.08. The third kappa shape index (κ3) is 3.05. The minimum atomic E-state index is -0.453. The Kier molecular flexibility index (Phi) is 4.56. The monoisotopic (exact) mass is 294 g/mol. The molecule has 1 fully saturated rings. The van der Waals surface area contributed by atoms with Gasteiger partial charge in [0.25, 0.3) is 0 Å².